The van der Waals surface area contributed by atoms with Crippen molar-refractivity contribution in [2.75, 3.05) is 0 Å². The van der Waals surface area contributed by atoms with Gasteiger partial charge in [0.25, 0.3) is 0 Å². The van der Waals surface area contributed by atoms with E-state index in [2.05, 4.69) is 4.72 Å². The van der Waals surface area contributed by atoms with Crippen molar-refractivity contribution in [3.05, 3.63) is 16.5 Å². The van der Waals surface area contributed by atoms with Crippen molar-refractivity contribution in [2.24, 2.45) is 0 Å². The topological polar surface area (TPSA) is 29.1 Å². The molecule has 0 amide bonds. The average Bonchev–Trinajstić information content (AvgIpc) is 2.31. The molecule has 0 saturated heterocycles. The molecule has 5 heteroatoms. The molecule has 0 unspecified atom stereocenters. The Bertz CT molecular complexity index is 316. The number of hydrogen-bond acceptors (Lipinski definition) is 2. The Kier molecular flexibility index (Phi) is 3.51. The largest absolute Gasteiger partial charge is 0.237 e. The van der Waals surface area contributed by atoms with E-state index >= 15 is 0 Å². The van der Waals surface area contributed by atoms with Crippen LogP contribution in [0.3, 0.4) is 0 Å². The maximum Gasteiger partial charge on any atom is 0.135 e. The van der Waals surface area contributed by atoms with E-state index in [1.807, 2.05) is 20.8 Å². The van der Waals surface area contributed by atoms with Gasteiger partial charge in [0.05, 0.1) is 4.34 Å². The van der Waals surface area contributed by atoms with Gasteiger partial charge < -0.3 is 0 Å². The van der Waals surface area contributed by atoms with Gasteiger partial charge in [-0.3, -0.25) is 0 Å². The van der Waals surface area contributed by atoms with Gasteiger partial charge in [-0.1, -0.05) is 11.6 Å². The van der Waals surface area contributed by atoms with E-state index in [9.17, 15) is 4.21 Å². The minimum atomic E-state index is -1.15. The number of hydrogen-bond donors (Lipinski definition) is 1. The quantitative estimate of drug-likeness (QED) is 0.842. The van der Waals surface area contributed by atoms with Crippen LogP contribution >= 0.6 is 22.9 Å². The third-order valence-electron chi connectivity index (χ3n) is 1.13. The fraction of sp³-hybridized carbons (Fsp3) is 0.500. The van der Waals surface area contributed by atoms with Crippen molar-refractivity contribution >= 4 is 33.9 Å². The van der Waals surface area contributed by atoms with Crippen LogP contribution in [0.5, 0.6) is 0 Å². The molecule has 0 radical (unpaired) electrons. The Morgan fingerprint density at radius 3 is 2.46 bits per heavy atom. The van der Waals surface area contributed by atoms with Crippen molar-refractivity contribution in [1.82, 2.24) is 4.72 Å². The summed E-state index contributed by atoms with van der Waals surface area (Å²) in [6.45, 7) is 5.92. The smallest absolute Gasteiger partial charge is 0.135 e. The van der Waals surface area contributed by atoms with Gasteiger partial charge in [0.2, 0.25) is 0 Å². The molecule has 1 atom stereocenters. The minimum absolute atomic E-state index is 0.151. The summed E-state index contributed by atoms with van der Waals surface area (Å²) in [6, 6.07) is 3.53. The molecule has 0 aromatic carbocycles. The monoisotopic (exact) mass is 237 g/mol. The molecule has 13 heavy (non-hydrogen) atoms. The predicted octanol–water partition coefficient (Wildman–Crippen LogP) is 2.81. The van der Waals surface area contributed by atoms with E-state index in [0.717, 1.165) is 4.21 Å². The zero-order valence-electron chi connectivity index (χ0n) is 7.76. The predicted molar refractivity (Wildman–Crippen MR) is 58.6 cm³/mol. The molecule has 0 fully saturated rings. The highest BCUT2D eigenvalue weighted by molar-refractivity contribution is 7.85. The average molecular weight is 238 g/mol. The molecular formula is C8H12ClNOS2. The van der Waals surface area contributed by atoms with Crippen LogP contribution in [0, 0.1) is 0 Å². The summed E-state index contributed by atoms with van der Waals surface area (Å²) in [6.07, 6.45) is 0. The van der Waals surface area contributed by atoms with Crippen LogP contribution in [0.25, 0.3) is 0 Å². The summed E-state index contributed by atoms with van der Waals surface area (Å²) in [5.41, 5.74) is -0.151. The van der Waals surface area contributed by atoms with E-state index in [-0.39, 0.29) is 5.54 Å². The summed E-state index contributed by atoms with van der Waals surface area (Å²) in [7, 11) is -1.15. The molecule has 0 bridgehead atoms. The van der Waals surface area contributed by atoms with Gasteiger partial charge in [0.15, 0.2) is 0 Å². The van der Waals surface area contributed by atoms with E-state index < -0.39 is 11.0 Å². The van der Waals surface area contributed by atoms with Crippen molar-refractivity contribution in [3.63, 3.8) is 0 Å². The number of halogens is 1. The Balaban J connectivity index is 2.70. The molecule has 0 spiro atoms. The van der Waals surface area contributed by atoms with Crippen LogP contribution in [0.1, 0.15) is 20.8 Å². The Morgan fingerprint density at radius 2 is 2.08 bits per heavy atom. The molecular weight excluding hydrogens is 226 g/mol. The van der Waals surface area contributed by atoms with Crippen LogP contribution in [0.2, 0.25) is 4.34 Å². The van der Waals surface area contributed by atoms with Gasteiger partial charge in [-0.2, -0.15) is 0 Å². The molecule has 74 valence electrons. The van der Waals surface area contributed by atoms with Crippen LogP contribution in [0.15, 0.2) is 16.3 Å². The third kappa shape index (κ3) is 3.77. The van der Waals surface area contributed by atoms with Gasteiger partial charge in [0, 0.05) is 5.54 Å². The molecule has 1 heterocycles. The minimum Gasteiger partial charge on any atom is -0.237 e. The summed E-state index contributed by atoms with van der Waals surface area (Å²) in [5, 5.41) is 0. The standard InChI is InChI=1S/C8H12ClNOS2/c1-8(2,3)10-13(11)7-5-4-6(9)12-7/h4-5,10H,1-3H3/t13-/m0/s1. The van der Waals surface area contributed by atoms with Gasteiger partial charge in [0.1, 0.15) is 15.2 Å². The van der Waals surface area contributed by atoms with Gasteiger partial charge in [-0.05, 0) is 32.9 Å². The van der Waals surface area contributed by atoms with Crippen molar-refractivity contribution in [1.29, 1.82) is 0 Å². The molecule has 0 aliphatic carbocycles. The first-order valence-corrected chi connectivity index (χ1v) is 6.18. The highest BCUT2D eigenvalue weighted by atomic mass is 35.5. The van der Waals surface area contributed by atoms with Crippen molar-refractivity contribution < 1.29 is 4.21 Å². The maximum atomic E-state index is 11.6. The second-order valence-corrected chi connectivity index (χ2v) is 6.83. The van der Waals surface area contributed by atoms with Crippen molar-refractivity contribution in [3.8, 4) is 0 Å². The SMILES string of the molecule is CC(C)(C)N[S@@](=O)c1ccc(Cl)s1. The number of rotatable bonds is 2. The lowest BCUT2D eigenvalue weighted by molar-refractivity contribution is 0.520. The summed E-state index contributed by atoms with van der Waals surface area (Å²) in [5.74, 6) is 0. The first-order valence-electron chi connectivity index (χ1n) is 3.83. The molecule has 0 saturated carbocycles. The molecule has 0 aliphatic rings. The lowest BCUT2D eigenvalue weighted by atomic mass is 10.1. The third-order valence-corrected chi connectivity index (χ3v) is 4.16. The second kappa shape index (κ2) is 4.09. The van der Waals surface area contributed by atoms with Crippen LogP contribution < -0.4 is 4.72 Å². The van der Waals surface area contributed by atoms with E-state index in [4.69, 9.17) is 11.6 Å². The van der Waals surface area contributed by atoms with Crippen LogP contribution in [-0.4, -0.2) is 9.75 Å². The Morgan fingerprint density at radius 1 is 1.46 bits per heavy atom. The second-order valence-electron chi connectivity index (χ2n) is 3.68. The molecule has 1 N–H and O–H groups in total. The molecule has 1 aromatic heterocycles. The highest BCUT2D eigenvalue weighted by Gasteiger charge is 2.15. The van der Waals surface area contributed by atoms with Crippen molar-refractivity contribution in [2.45, 2.75) is 30.5 Å². The molecule has 1 rings (SSSR count). The highest BCUT2D eigenvalue weighted by Crippen LogP contribution is 2.24. The lowest BCUT2D eigenvalue weighted by Gasteiger charge is -2.18. The fourth-order valence-electron chi connectivity index (χ4n) is 0.726. The fourth-order valence-corrected chi connectivity index (χ4v) is 3.19. The van der Waals surface area contributed by atoms with Gasteiger partial charge in [-0.25, -0.2) is 8.93 Å². The molecule has 2 nitrogen and oxygen atoms in total. The van der Waals surface area contributed by atoms with E-state index in [0.29, 0.717) is 4.34 Å². The normalized spacial score (nSPS) is 14.5. The number of nitrogens with one attached hydrogen (secondary N) is 1. The first kappa shape index (κ1) is 11.2. The lowest BCUT2D eigenvalue weighted by Crippen LogP contribution is -2.36. The van der Waals surface area contributed by atoms with Crippen LogP contribution in [-0.2, 0) is 11.0 Å². The zero-order valence-corrected chi connectivity index (χ0v) is 10.1. The summed E-state index contributed by atoms with van der Waals surface area (Å²) in [4.78, 5) is 0. The zero-order chi connectivity index (χ0) is 10.1. The van der Waals surface area contributed by atoms with E-state index in [1.54, 1.807) is 12.1 Å². The first-order chi connectivity index (χ1) is 5.88. The summed E-state index contributed by atoms with van der Waals surface area (Å²) < 4.78 is 16.0. The summed E-state index contributed by atoms with van der Waals surface area (Å²) >= 11 is 7.07. The molecule has 1 aromatic rings. The Labute approximate surface area is 89.9 Å². The van der Waals surface area contributed by atoms with E-state index in [1.165, 1.54) is 11.3 Å². The molecule has 0 aliphatic heterocycles. The van der Waals surface area contributed by atoms with Gasteiger partial charge in [-0.15, -0.1) is 11.3 Å². The Hall–Kier alpha value is 0.1000. The number of thiophene rings is 1. The van der Waals surface area contributed by atoms with Crippen LogP contribution in [0.4, 0.5) is 0 Å². The maximum absolute atomic E-state index is 11.6. The van der Waals surface area contributed by atoms with Gasteiger partial charge >= 0.3 is 0 Å².